The molecule has 1 aliphatic rings. The third-order valence-electron chi connectivity index (χ3n) is 3.38. The van der Waals surface area contributed by atoms with Crippen LogP contribution < -0.4 is 9.64 Å². The van der Waals surface area contributed by atoms with E-state index in [9.17, 15) is 0 Å². The summed E-state index contributed by atoms with van der Waals surface area (Å²) in [5.74, 6) is 1.75. The van der Waals surface area contributed by atoms with Gasteiger partial charge in [0.25, 0.3) is 0 Å². The highest BCUT2D eigenvalue weighted by atomic mass is 35.5. The van der Waals surface area contributed by atoms with Crippen LogP contribution in [0.25, 0.3) is 0 Å². The summed E-state index contributed by atoms with van der Waals surface area (Å²) in [6.07, 6.45) is 7.50. The zero-order valence-electron chi connectivity index (χ0n) is 11.2. The minimum atomic E-state index is 0.417. The van der Waals surface area contributed by atoms with Crippen molar-refractivity contribution in [1.82, 2.24) is 15.0 Å². The smallest absolute Gasteiger partial charge is 0.232 e. The Kier molecular flexibility index (Phi) is 4.41. The van der Waals surface area contributed by atoms with Crippen LogP contribution in [0, 0.1) is 5.92 Å². The van der Waals surface area contributed by atoms with E-state index < -0.39 is 0 Å². The summed E-state index contributed by atoms with van der Waals surface area (Å²) in [5, 5.41) is 1.13. The molecule has 2 aromatic rings. The second-order valence-corrected chi connectivity index (χ2v) is 5.76. The molecule has 1 fully saturated rings. The van der Waals surface area contributed by atoms with Crippen molar-refractivity contribution in [2.24, 2.45) is 5.92 Å². The van der Waals surface area contributed by atoms with Crippen molar-refractivity contribution in [2.75, 3.05) is 24.6 Å². The molecule has 1 aliphatic heterocycles. The maximum absolute atomic E-state index is 6.19. The lowest BCUT2D eigenvalue weighted by Gasteiger charge is -2.18. The first kappa shape index (κ1) is 14.4. The van der Waals surface area contributed by atoms with Crippen LogP contribution in [0.5, 0.6) is 5.88 Å². The molecule has 0 N–H and O–H groups in total. The van der Waals surface area contributed by atoms with E-state index in [1.165, 1.54) is 0 Å². The molecule has 21 heavy (non-hydrogen) atoms. The number of ether oxygens (including phenoxy) is 1. The van der Waals surface area contributed by atoms with E-state index in [4.69, 9.17) is 27.9 Å². The average Bonchev–Trinajstić information content (AvgIpc) is 2.95. The topological polar surface area (TPSA) is 51.1 Å². The molecule has 0 aliphatic carbocycles. The Hall–Kier alpha value is -1.59. The molecule has 0 saturated carbocycles. The Bertz CT molecular complexity index is 611. The maximum atomic E-state index is 6.19. The average molecular weight is 325 g/mol. The van der Waals surface area contributed by atoms with Gasteiger partial charge in [-0.1, -0.05) is 23.2 Å². The summed E-state index contributed by atoms with van der Waals surface area (Å²) in [6, 6.07) is 1.72. The summed E-state index contributed by atoms with van der Waals surface area (Å²) < 4.78 is 5.65. The van der Waals surface area contributed by atoms with E-state index in [-0.39, 0.29) is 0 Å². The Morgan fingerprint density at radius 1 is 1.24 bits per heavy atom. The number of hydrogen-bond donors (Lipinski definition) is 0. The van der Waals surface area contributed by atoms with Gasteiger partial charge in [-0.15, -0.1) is 0 Å². The molecule has 0 aromatic carbocycles. The van der Waals surface area contributed by atoms with Crippen molar-refractivity contribution >= 4 is 29.0 Å². The maximum Gasteiger partial charge on any atom is 0.232 e. The molecular formula is C14H14Cl2N4O. The number of rotatable bonds is 4. The molecule has 2 aromatic heterocycles. The third kappa shape index (κ3) is 3.54. The molecule has 1 saturated heterocycles. The summed E-state index contributed by atoms with van der Waals surface area (Å²) in [6.45, 7) is 2.37. The van der Waals surface area contributed by atoms with Gasteiger partial charge in [0.1, 0.15) is 5.82 Å². The summed E-state index contributed by atoms with van der Waals surface area (Å²) in [5.41, 5.74) is 0. The molecular weight excluding hydrogens is 311 g/mol. The minimum Gasteiger partial charge on any atom is -0.476 e. The minimum absolute atomic E-state index is 0.417. The fourth-order valence-electron chi connectivity index (χ4n) is 2.36. The number of pyridine rings is 1. The summed E-state index contributed by atoms with van der Waals surface area (Å²) >= 11 is 12.1. The Labute approximate surface area is 132 Å². The van der Waals surface area contributed by atoms with Crippen LogP contribution in [-0.2, 0) is 0 Å². The highest BCUT2D eigenvalue weighted by Gasteiger charge is 2.25. The predicted molar refractivity (Wildman–Crippen MR) is 82.1 cm³/mol. The quantitative estimate of drug-likeness (QED) is 0.865. The molecule has 5 nitrogen and oxygen atoms in total. The van der Waals surface area contributed by atoms with Gasteiger partial charge in [-0.2, -0.15) is 0 Å². The fourth-order valence-corrected chi connectivity index (χ4v) is 2.86. The van der Waals surface area contributed by atoms with Gasteiger partial charge in [-0.05, 0) is 12.5 Å². The zero-order chi connectivity index (χ0) is 14.7. The predicted octanol–water partition coefficient (Wildman–Crippen LogP) is 3.08. The van der Waals surface area contributed by atoms with Crippen molar-refractivity contribution < 1.29 is 4.74 Å². The zero-order valence-corrected chi connectivity index (χ0v) is 12.8. The molecule has 1 atom stereocenters. The number of nitrogens with zero attached hydrogens (tertiary/aromatic N) is 4. The number of halogens is 2. The fraction of sp³-hybridized carbons (Fsp3) is 0.357. The first-order chi connectivity index (χ1) is 10.2. The number of anilines is 1. The normalized spacial score (nSPS) is 18.0. The number of hydrogen-bond acceptors (Lipinski definition) is 5. The van der Waals surface area contributed by atoms with Gasteiger partial charge in [-0.25, -0.2) is 9.97 Å². The molecule has 110 valence electrons. The van der Waals surface area contributed by atoms with Crippen LogP contribution in [0.3, 0.4) is 0 Å². The lowest BCUT2D eigenvalue weighted by atomic mass is 10.1. The third-order valence-corrected chi connectivity index (χ3v) is 3.87. The highest BCUT2D eigenvalue weighted by Crippen LogP contribution is 2.30. The Morgan fingerprint density at radius 2 is 2.14 bits per heavy atom. The Morgan fingerprint density at radius 3 is 2.90 bits per heavy atom. The van der Waals surface area contributed by atoms with Crippen molar-refractivity contribution in [2.45, 2.75) is 6.42 Å². The molecule has 3 heterocycles. The van der Waals surface area contributed by atoms with E-state index in [1.54, 1.807) is 30.9 Å². The van der Waals surface area contributed by atoms with E-state index in [0.29, 0.717) is 28.5 Å². The first-order valence-corrected chi connectivity index (χ1v) is 7.43. The van der Waals surface area contributed by atoms with Crippen LogP contribution in [0.1, 0.15) is 6.42 Å². The summed E-state index contributed by atoms with van der Waals surface area (Å²) in [4.78, 5) is 14.5. The van der Waals surface area contributed by atoms with Crippen molar-refractivity contribution in [3.8, 4) is 5.88 Å². The molecule has 0 bridgehead atoms. The van der Waals surface area contributed by atoms with E-state index in [2.05, 4.69) is 19.9 Å². The van der Waals surface area contributed by atoms with Gasteiger partial charge in [0, 0.05) is 37.6 Å². The van der Waals surface area contributed by atoms with Crippen LogP contribution in [0.2, 0.25) is 10.0 Å². The van der Waals surface area contributed by atoms with E-state index in [0.717, 1.165) is 25.3 Å². The van der Waals surface area contributed by atoms with Gasteiger partial charge < -0.3 is 9.64 Å². The van der Waals surface area contributed by atoms with Crippen LogP contribution in [0.4, 0.5) is 5.82 Å². The SMILES string of the molecule is Clc1cnc(N2CCC(COc3cnccn3)C2)c(Cl)c1. The second-order valence-electron chi connectivity index (χ2n) is 4.91. The van der Waals surface area contributed by atoms with Crippen molar-refractivity contribution in [3.63, 3.8) is 0 Å². The largest absolute Gasteiger partial charge is 0.476 e. The van der Waals surface area contributed by atoms with Gasteiger partial charge in [0.15, 0.2) is 0 Å². The van der Waals surface area contributed by atoms with E-state index in [1.807, 2.05) is 0 Å². The molecule has 7 heteroatoms. The van der Waals surface area contributed by atoms with Crippen LogP contribution in [-0.4, -0.2) is 34.6 Å². The summed E-state index contributed by atoms with van der Waals surface area (Å²) in [7, 11) is 0. The van der Waals surface area contributed by atoms with Crippen LogP contribution in [0.15, 0.2) is 30.9 Å². The molecule has 3 rings (SSSR count). The van der Waals surface area contributed by atoms with E-state index >= 15 is 0 Å². The van der Waals surface area contributed by atoms with Crippen molar-refractivity contribution in [1.29, 1.82) is 0 Å². The molecule has 0 amide bonds. The highest BCUT2D eigenvalue weighted by molar-refractivity contribution is 6.36. The molecule has 0 radical (unpaired) electrons. The van der Waals surface area contributed by atoms with Gasteiger partial charge in [0.05, 0.1) is 22.8 Å². The second kappa shape index (κ2) is 6.45. The van der Waals surface area contributed by atoms with Crippen LogP contribution >= 0.6 is 23.2 Å². The first-order valence-electron chi connectivity index (χ1n) is 6.67. The van der Waals surface area contributed by atoms with Gasteiger partial charge in [-0.3, -0.25) is 4.98 Å². The standard InChI is InChI=1S/C14H14Cl2N4O/c15-11-5-12(16)14(19-6-11)20-4-1-10(8-20)9-21-13-7-17-2-3-18-13/h2-3,5-7,10H,1,4,8-9H2. The molecule has 0 spiro atoms. The lowest BCUT2D eigenvalue weighted by molar-refractivity contribution is 0.251. The Balaban J connectivity index is 1.58. The lowest BCUT2D eigenvalue weighted by Crippen LogP contribution is -2.23. The van der Waals surface area contributed by atoms with Gasteiger partial charge in [0.2, 0.25) is 5.88 Å². The monoisotopic (exact) mass is 324 g/mol. The molecule has 1 unspecified atom stereocenters. The van der Waals surface area contributed by atoms with Gasteiger partial charge >= 0.3 is 0 Å². The van der Waals surface area contributed by atoms with Crippen molar-refractivity contribution in [3.05, 3.63) is 40.9 Å². The number of aromatic nitrogens is 3.